The minimum atomic E-state index is -0.0700. The van der Waals surface area contributed by atoms with Crippen LogP contribution in [0.5, 0.6) is 0 Å². The van der Waals surface area contributed by atoms with E-state index >= 15 is 0 Å². The molecule has 98 valence electrons. The molecule has 0 N–H and O–H groups in total. The molecule has 0 bridgehead atoms. The van der Waals surface area contributed by atoms with Gasteiger partial charge >= 0.3 is 0 Å². The van der Waals surface area contributed by atoms with Crippen LogP contribution in [0.4, 0.5) is 4.39 Å². The van der Waals surface area contributed by atoms with Gasteiger partial charge < -0.3 is 0 Å². The summed E-state index contributed by atoms with van der Waals surface area (Å²) in [5.41, 5.74) is 1.25. The molecule has 18 heavy (non-hydrogen) atoms. The second-order valence-electron chi connectivity index (χ2n) is 5.61. The zero-order valence-electron chi connectivity index (χ0n) is 11.0. The van der Waals surface area contributed by atoms with Crippen molar-refractivity contribution < 1.29 is 4.39 Å². The molecule has 2 aliphatic rings. The van der Waals surface area contributed by atoms with Gasteiger partial charge in [-0.25, -0.2) is 4.39 Å². The van der Waals surface area contributed by atoms with Crippen molar-refractivity contribution in [2.75, 3.05) is 26.2 Å². The van der Waals surface area contributed by atoms with Gasteiger partial charge in [0.1, 0.15) is 5.82 Å². The molecule has 2 heterocycles. The van der Waals surface area contributed by atoms with Crippen LogP contribution in [-0.2, 0) is 6.54 Å². The summed E-state index contributed by atoms with van der Waals surface area (Å²) in [6.45, 7) is 7.59. The van der Waals surface area contributed by atoms with Crippen molar-refractivity contribution in [1.82, 2.24) is 9.80 Å². The summed E-state index contributed by atoms with van der Waals surface area (Å²) in [6, 6.07) is 7.14. The minimum absolute atomic E-state index is 0.0700. The van der Waals surface area contributed by atoms with Gasteiger partial charge in [-0.1, -0.05) is 25.1 Å². The van der Waals surface area contributed by atoms with E-state index in [1.54, 1.807) is 12.1 Å². The van der Waals surface area contributed by atoms with Gasteiger partial charge in [0.25, 0.3) is 0 Å². The fourth-order valence-electron chi connectivity index (χ4n) is 3.48. The maximum atomic E-state index is 13.6. The smallest absolute Gasteiger partial charge is 0.127 e. The van der Waals surface area contributed by atoms with E-state index in [4.69, 9.17) is 0 Å². The van der Waals surface area contributed by atoms with Crippen molar-refractivity contribution in [1.29, 1.82) is 0 Å². The van der Waals surface area contributed by atoms with Crippen LogP contribution in [0.1, 0.15) is 25.3 Å². The maximum absolute atomic E-state index is 13.6. The third-order valence-corrected chi connectivity index (χ3v) is 4.66. The van der Waals surface area contributed by atoms with Crippen LogP contribution >= 0.6 is 0 Å². The molecule has 2 fully saturated rings. The third-order valence-electron chi connectivity index (χ3n) is 4.66. The molecule has 1 spiro atoms. The van der Waals surface area contributed by atoms with Crippen molar-refractivity contribution in [3.63, 3.8) is 0 Å². The highest BCUT2D eigenvalue weighted by atomic mass is 19.1. The quantitative estimate of drug-likeness (QED) is 0.811. The lowest BCUT2D eigenvalue weighted by Crippen LogP contribution is -2.60. The molecule has 3 rings (SSSR count). The molecule has 0 saturated carbocycles. The lowest BCUT2D eigenvalue weighted by Gasteiger charge is -2.50. The summed E-state index contributed by atoms with van der Waals surface area (Å²) < 4.78 is 13.6. The first-order valence-electron chi connectivity index (χ1n) is 6.94. The Balaban J connectivity index is 1.65. The molecule has 1 aromatic carbocycles. The van der Waals surface area contributed by atoms with E-state index in [1.165, 1.54) is 19.4 Å². The molecule has 0 unspecified atom stereocenters. The molecule has 3 heteroatoms. The van der Waals surface area contributed by atoms with Gasteiger partial charge in [-0.2, -0.15) is 0 Å². The first-order chi connectivity index (χ1) is 8.73. The Hall–Kier alpha value is -0.930. The topological polar surface area (TPSA) is 6.48 Å². The van der Waals surface area contributed by atoms with E-state index in [2.05, 4.69) is 16.7 Å². The molecular weight excluding hydrogens is 227 g/mol. The van der Waals surface area contributed by atoms with Crippen molar-refractivity contribution in [3.8, 4) is 0 Å². The molecule has 0 amide bonds. The average Bonchev–Trinajstić information content (AvgIpc) is 2.78. The number of rotatable bonds is 3. The highest BCUT2D eigenvalue weighted by Crippen LogP contribution is 2.39. The first kappa shape index (κ1) is 12.1. The van der Waals surface area contributed by atoms with Crippen molar-refractivity contribution in [2.24, 2.45) is 0 Å². The molecule has 0 aromatic heterocycles. The Morgan fingerprint density at radius 2 is 2.00 bits per heavy atom. The predicted molar refractivity (Wildman–Crippen MR) is 70.9 cm³/mol. The van der Waals surface area contributed by atoms with E-state index < -0.39 is 0 Å². The third kappa shape index (κ3) is 1.95. The van der Waals surface area contributed by atoms with Crippen LogP contribution in [-0.4, -0.2) is 41.5 Å². The number of likely N-dealkylation sites (N-methyl/N-ethyl adjacent to an activating group) is 1. The zero-order valence-corrected chi connectivity index (χ0v) is 11.0. The maximum Gasteiger partial charge on any atom is 0.127 e. The summed E-state index contributed by atoms with van der Waals surface area (Å²) in [5, 5.41) is 0. The number of likely N-dealkylation sites (tertiary alicyclic amines) is 2. The van der Waals surface area contributed by atoms with Crippen LogP contribution < -0.4 is 0 Å². The zero-order chi connectivity index (χ0) is 12.6. The summed E-state index contributed by atoms with van der Waals surface area (Å²) in [6.07, 6.45) is 2.56. The van der Waals surface area contributed by atoms with Crippen molar-refractivity contribution in [3.05, 3.63) is 35.6 Å². The fourth-order valence-corrected chi connectivity index (χ4v) is 3.48. The van der Waals surface area contributed by atoms with Gasteiger partial charge in [0.2, 0.25) is 0 Å². The van der Waals surface area contributed by atoms with Crippen molar-refractivity contribution in [2.45, 2.75) is 31.8 Å². The van der Waals surface area contributed by atoms with Gasteiger partial charge in [-0.05, 0) is 25.5 Å². The van der Waals surface area contributed by atoms with Crippen LogP contribution in [0.25, 0.3) is 0 Å². The molecule has 2 nitrogen and oxygen atoms in total. The van der Waals surface area contributed by atoms with Crippen molar-refractivity contribution >= 4 is 0 Å². The number of nitrogens with zero attached hydrogens (tertiary/aromatic N) is 2. The molecule has 1 aromatic rings. The standard InChI is InChI=1S/C15H21FN2/c1-2-18-10-8-15(18)7-9-17(12-15)11-13-5-3-4-6-14(13)16/h3-6H,2,7-12H2,1H3/t15-/m1/s1. The van der Waals surface area contributed by atoms with Gasteiger partial charge in [-0.15, -0.1) is 0 Å². The lowest BCUT2D eigenvalue weighted by molar-refractivity contribution is -0.00197. The Kier molecular flexibility index (Phi) is 3.12. The van der Waals surface area contributed by atoms with E-state index in [1.807, 2.05) is 12.1 Å². The lowest BCUT2D eigenvalue weighted by atomic mass is 9.84. The summed E-state index contributed by atoms with van der Waals surface area (Å²) in [7, 11) is 0. The number of halogens is 1. The molecule has 0 aliphatic carbocycles. The van der Waals surface area contributed by atoms with Crippen LogP contribution in [0.3, 0.4) is 0 Å². The summed E-state index contributed by atoms with van der Waals surface area (Å²) >= 11 is 0. The van der Waals surface area contributed by atoms with Crippen LogP contribution in [0, 0.1) is 5.82 Å². The largest absolute Gasteiger partial charge is 0.297 e. The average molecular weight is 248 g/mol. The first-order valence-corrected chi connectivity index (χ1v) is 6.94. The Bertz CT molecular complexity index is 432. The fraction of sp³-hybridized carbons (Fsp3) is 0.600. The molecule has 1 atom stereocenters. The van der Waals surface area contributed by atoms with E-state index in [-0.39, 0.29) is 5.82 Å². The highest BCUT2D eigenvalue weighted by molar-refractivity contribution is 5.18. The summed E-state index contributed by atoms with van der Waals surface area (Å²) in [4.78, 5) is 4.98. The van der Waals surface area contributed by atoms with E-state index in [9.17, 15) is 4.39 Å². The van der Waals surface area contributed by atoms with Gasteiger partial charge in [-0.3, -0.25) is 9.80 Å². The summed E-state index contributed by atoms with van der Waals surface area (Å²) in [5.74, 6) is -0.0700. The second-order valence-corrected chi connectivity index (χ2v) is 5.61. The van der Waals surface area contributed by atoms with Crippen LogP contribution in [0.15, 0.2) is 24.3 Å². The Labute approximate surface area is 108 Å². The predicted octanol–water partition coefficient (Wildman–Crippen LogP) is 2.50. The molecule has 0 radical (unpaired) electrons. The molecular formula is C15H21FN2. The second kappa shape index (κ2) is 4.63. The number of hydrogen-bond donors (Lipinski definition) is 0. The number of hydrogen-bond acceptors (Lipinski definition) is 2. The number of benzene rings is 1. The normalized spacial score (nSPS) is 28.8. The molecule has 2 saturated heterocycles. The van der Waals surface area contributed by atoms with Gasteiger partial charge in [0.05, 0.1) is 0 Å². The highest BCUT2D eigenvalue weighted by Gasteiger charge is 2.48. The Morgan fingerprint density at radius 3 is 2.67 bits per heavy atom. The van der Waals surface area contributed by atoms with Gasteiger partial charge in [0, 0.05) is 37.3 Å². The Morgan fingerprint density at radius 1 is 1.22 bits per heavy atom. The molecule has 2 aliphatic heterocycles. The minimum Gasteiger partial charge on any atom is -0.297 e. The van der Waals surface area contributed by atoms with E-state index in [0.29, 0.717) is 5.54 Å². The monoisotopic (exact) mass is 248 g/mol. The SMILES string of the molecule is CCN1CC[C@@]12CCN(Cc1ccccc1F)C2. The van der Waals surface area contributed by atoms with Gasteiger partial charge in [0.15, 0.2) is 0 Å². The van der Waals surface area contributed by atoms with Crippen LogP contribution in [0.2, 0.25) is 0 Å². The van der Waals surface area contributed by atoms with E-state index in [0.717, 1.165) is 31.7 Å².